The maximum absolute atomic E-state index is 12.0. The number of amides is 1. The number of carbonyl (C=O) groups excluding carboxylic acids is 1. The van der Waals surface area contributed by atoms with Gasteiger partial charge in [-0.05, 0) is 40.9 Å². The van der Waals surface area contributed by atoms with Crippen LogP contribution in [0.3, 0.4) is 0 Å². The summed E-state index contributed by atoms with van der Waals surface area (Å²) in [7, 11) is 0. The van der Waals surface area contributed by atoms with Crippen LogP contribution in [0.1, 0.15) is 29.6 Å². The molecule has 18 heavy (non-hydrogen) atoms. The summed E-state index contributed by atoms with van der Waals surface area (Å²) in [5, 5.41) is 12.9. The van der Waals surface area contributed by atoms with Crippen LogP contribution in [-0.2, 0) is 0 Å². The molecule has 3 nitrogen and oxygen atoms in total. The maximum Gasteiger partial charge on any atom is 0.252 e. The van der Waals surface area contributed by atoms with Crippen molar-refractivity contribution in [3.63, 3.8) is 0 Å². The van der Waals surface area contributed by atoms with Gasteiger partial charge in [0, 0.05) is 16.9 Å². The molecule has 0 spiro atoms. The van der Waals surface area contributed by atoms with Crippen molar-refractivity contribution in [2.45, 2.75) is 25.4 Å². The zero-order chi connectivity index (χ0) is 13.1. The molecule has 98 valence electrons. The van der Waals surface area contributed by atoms with Gasteiger partial charge in [-0.3, -0.25) is 4.79 Å². The molecule has 1 fully saturated rings. The van der Waals surface area contributed by atoms with Crippen molar-refractivity contribution in [3.05, 3.63) is 33.3 Å². The highest BCUT2D eigenvalue weighted by Gasteiger charge is 2.25. The van der Waals surface area contributed by atoms with Crippen LogP contribution in [0.5, 0.6) is 0 Å². The molecule has 0 unspecified atom stereocenters. The first-order valence-corrected chi connectivity index (χ1v) is 7.17. The second kappa shape index (κ2) is 6.04. The quantitative estimate of drug-likeness (QED) is 0.894. The average Bonchev–Trinajstić information content (AvgIpc) is 2.75. The number of aliphatic hydroxyl groups is 1. The second-order valence-corrected chi connectivity index (χ2v) is 5.80. The van der Waals surface area contributed by atoms with E-state index in [4.69, 9.17) is 11.6 Å². The second-order valence-electron chi connectivity index (χ2n) is 4.57. The minimum absolute atomic E-state index is 0.167. The van der Waals surface area contributed by atoms with Crippen LogP contribution in [0.15, 0.2) is 22.7 Å². The Hall–Kier alpha value is -0.580. The first kappa shape index (κ1) is 13.8. The third kappa shape index (κ3) is 3.05. The first-order valence-electron chi connectivity index (χ1n) is 6.00. The molecule has 5 heteroatoms. The molecule has 1 amide bonds. The monoisotopic (exact) mass is 331 g/mol. The highest BCUT2D eigenvalue weighted by atomic mass is 79.9. The number of nitrogens with one attached hydrogen (secondary N) is 1. The van der Waals surface area contributed by atoms with Gasteiger partial charge in [0.15, 0.2) is 0 Å². The predicted octanol–water partition coefficient (Wildman–Crippen LogP) is 2.99. The molecule has 0 saturated heterocycles. The molecule has 0 heterocycles. The van der Waals surface area contributed by atoms with Gasteiger partial charge >= 0.3 is 0 Å². The van der Waals surface area contributed by atoms with E-state index in [-0.39, 0.29) is 17.9 Å². The Labute approximate surface area is 120 Å². The van der Waals surface area contributed by atoms with Crippen molar-refractivity contribution in [3.8, 4) is 0 Å². The molecule has 0 radical (unpaired) electrons. The first-order chi connectivity index (χ1) is 8.59. The standard InChI is InChI=1S/C13H15BrClNO2/c14-10-5-2-4-9(12(10)15)13(18)16-7-8-3-1-6-11(8)17/h2,4-5,8,11,17H,1,3,6-7H2,(H,16,18)/t8-,11-/m1/s1. The van der Waals surface area contributed by atoms with Crippen LogP contribution >= 0.6 is 27.5 Å². The van der Waals surface area contributed by atoms with E-state index in [9.17, 15) is 9.90 Å². The van der Waals surface area contributed by atoms with Crippen molar-refractivity contribution >= 4 is 33.4 Å². The van der Waals surface area contributed by atoms with Gasteiger partial charge in [0.2, 0.25) is 0 Å². The third-order valence-electron chi connectivity index (χ3n) is 3.34. The van der Waals surface area contributed by atoms with E-state index in [1.807, 2.05) is 0 Å². The summed E-state index contributed by atoms with van der Waals surface area (Å²) in [6, 6.07) is 5.25. The van der Waals surface area contributed by atoms with E-state index in [2.05, 4.69) is 21.2 Å². The average molecular weight is 333 g/mol. The summed E-state index contributed by atoms with van der Waals surface area (Å²) in [6.45, 7) is 0.503. The molecule has 1 saturated carbocycles. The van der Waals surface area contributed by atoms with E-state index >= 15 is 0 Å². The van der Waals surface area contributed by atoms with E-state index in [0.29, 0.717) is 21.6 Å². The Kier molecular flexibility index (Phi) is 4.65. The van der Waals surface area contributed by atoms with Crippen LogP contribution < -0.4 is 5.32 Å². The van der Waals surface area contributed by atoms with E-state index in [0.717, 1.165) is 19.3 Å². The number of hydrogen-bond acceptors (Lipinski definition) is 2. The normalized spacial score (nSPS) is 23.1. The van der Waals surface area contributed by atoms with Gasteiger partial charge < -0.3 is 10.4 Å². The van der Waals surface area contributed by atoms with Gasteiger partial charge in [-0.1, -0.05) is 24.1 Å². The zero-order valence-electron chi connectivity index (χ0n) is 9.83. The van der Waals surface area contributed by atoms with Crippen molar-refractivity contribution in [2.75, 3.05) is 6.54 Å². The molecule has 0 aliphatic heterocycles. The Balaban J connectivity index is 1.97. The van der Waals surface area contributed by atoms with E-state index < -0.39 is 0 Å². The van der Waals surface area contributed by atoms with Gasteiger partial charge in [0.05, 0.1) is 16.7 Å². The van der Waals surface area contributed by atoms with E-state index in [1.165, 1.54) is 0 Å². The molecule has 1 aromatic rings. The highest BCUT2D eigenvalue weighted by Crippen LogP contribution is 2.27. The van der Waals surface area contributed by atoms with Crippen molar-refractivity contribution in [2.24, 2.45) is 5.92 Å². The van der Waals surface area contributed by atoms with Crippen molar-refractivity contribution in [1.82, 2.24) is 5.32 Å². The lowest BCUT2D eigenvalue weighted by Gasteiger charge is -2.15. The number of rotatable bonds is 3. The topological polar surface area (TPSA) is 49.3 Å². The van der Waals surface area contributed by atoms with Gasteiger partial charge in [-0.25, -0.2) is 0 Å². The van der Waals surface area contributed by atoms with Crippen LogP contribution in [-0.4, -0.2) is 23.7 Å². The van der Waals surface area contributed by atoms with Crippen molar-refractivity contribution < 1.29 is 9.90 Å². The Morgan fingerprint density at radius 3 is 2.94 bits per heavy atom. The predicted molar refractivity (Wildman–Crippen MR) is 74.8 cm³/mol. The molecule has 1 aliphatic rings. The summed E-state index contributed by atoms with van der Waals surface area (Å²) in [6.07, 6.45) is 2.54. The number of carbonyl (C=O) groups is 1. The van der Waals surface area contributed by atoms with Gasteiger partial charge in [0.25, 0.3) is 5.91 Å². The van der Waals surface area contributed by atoms with Crippen LogP contribution in [0.25, 0.3) is 0 Å². The Morgan fingerprint density at radius 1 is 1.50 bits per heavy atom. The fourth-order valence-electron chi connectivity index (χ4n) is 2.25. The molecule has 1 aliphatic carbocycles. The van der Waals surface area contributed by atoms with Crippen LogP contribution in [0.4, 0.5) is 0 Å². The number of benzene rings is 1. The Morgan fingerprint density at radius 2 is 2.28 bits per heavy atom. The zero-order valence-corrected chi connectivity index (χ0v) is 12.2. The molecule has 2 atom stereocenters. The lowest BCUT2D eigenvalue weighted by atomic mass is 10.1. The minimum atomic E-state index is -0.289. The molecule has 2 N–H and O–H groups in total. The smallest absolute Gasteiger partial charge is 0.252 e. The van der Waals surface area contributed by atoms with Gasteiger partial charge in [-0.2, -0.15) is 0 Å². The maximum atomic E-state index is 12.0. The molecular weight excluding hydrogens is 318 g/mol. The Bertz CT molecular complexity index is 453. The summed E-state index contributed by atoms with van der Waals surface area (Å²) < 4.78 is 0.706. The largest absolute Gasteiger partial charge is 0.393 e. The summed E-state index contributed by atoms with van der Waals surface area (Å²) in [4.78, 5) is 12.0. The summed E-state index contributed by atoms with van der Waals surface area (Å²) >= 11 is 9.34. The molecule has 0 aromatic heterocycles. The minimum Gasteiger partial charge on any atom is -0.393 e. The van der Waals surface area contributed by atoms with Gasteiger partial charge in [0.1, 0.15) is 0 Å². The lowest BCUT2D eigenvalue weighted by Crippen LogP contribution is -2.32. The van der Waals surface area contributed by atoms with Crippen molar-refractivity contribution in [1.29, 1.82) is 0 Å². The van der Waals surface area contributed by atoms with Gasteiger partial charge in [-0.15, -0.1) is 0 Å². The fraction of sp³-hybridized carbons (Fsp3) is 0.462. The molecule has 2 rings (SSSR count). The van der Waals surface area contributed by atoms with Crippen LogP contribution in [0.2, 0.25) is 5.02 Å². The molecular formula is C13H15BrClNO2. The van der Waals surface area contributed by atoms with Crippen LogP contribution in [0, 0.1) is 5.92 Å². The fourth-order valence-corrected chi connectivity index (χ4v) is 2.83. The summed E-state index contributed by atoms with van der Waals surface area (Å²) in [5.41, 5.74) is 0.457. The number of hydrogen-bond donors (Lipinski definition) is 2. The van der Waals surface area contributed by atoms with E-state index in [1.54, 1.807) is 18.2 Å². The number of aliphatic hydroxyl groups excluding tert-OH is 1. The summed E-state index contributed by atoms with van der Waals surface area (Å²) in [5.74, 6) is -0.0275. The lowest BCUT2D eigenvalue weighted by molar-refractivity contribution is 0.0917. The third-order valence-corrected chi connectivity index (χ3v) is 4.64. The number of halogens is 2. The molecule has 0 bridgehead atoms. The highest BCUT2D eigenvalue weighted by molar-refractivity contribution is 9.10. The molecule has 1 aromatic carbocycles. The SMILES string of the molecule is O=C(NC[C@H]1CCC[C@H]1O)c1cccc(Br)c1Cl.